The molecular weight excluding hydrogens is 847 g/mol. The standard InChI is InChI=1S/C14H16Cl9F13Si4/c1-4(38(15,16)17)37(5(2)39(18,19)20,6(3)40(21,22)23)10(28)12(31,32)14(35,36)13(33,34)11(29,30)8(25)7(24)9(26)27/h4-10H,1-3H3. The quantitative estimate of drug-likeness (QED) is 0.0927. The van der Waals surface area contributed by atoms with Gasteiger partial charge < -0.3 is 0 Å². The van der Waals surface area contributed by atoms with E-state index in [0.717, 1.165) is 0 Å². The van der Waals surface area contributed by atoms with E-state index in [1.807, 2.05) is 0 Å². The average Bonchev–Trinajstić information content (AvgIpc) is 2.75. The van der Waals surface area contributed by atoms with Crippen LogP contribution in [-0.2, 0) is 0 Å². The van der Waals surface area contributed by atoms with Crippen molar-refractivity contribution in [1.29, 1.82) is 0 Å². The number of rotatable bonds is 14. The van der Waals surface area contributed by atoms with E-state index in [4.69, 9.17) is 99.7 Å². The minimum atomic E-state index is -7.73. The van der Waals surface area contributed by atoms with Gasteiger partial charge in [-0.25, -0.2) is 22.0 Å². The first-order valence-electron chi connectivity index (χ1n) is 10.1. The summed E-state index contributed by atoms with van der Waals surface area (Å²) < 4.78 is 185. The maximum Gasteiger partial charge on any atom is 0.381 e. The number of halogens is 22. The second-order valence-electron chi connectivity index (χ2n) is 8.73. The van der Waals surface area contributed by atoms with Crippen LogP contribution >= 0.6 is 99.7 Å². The lowest BCUT2D eigenvalue weighted by Gasteiger charge is -2.54. The molecule has 0 aromatic rings. The Labute approximate surface area is 265 Å². The molecule has 0 saturated heterocycles. The third-order valence-corrected chi connectivity index (χ3v) is 37.4. The molecule has 26 heteroatoms. The van der Waals surface area contributed by atoms with E-state index in [9.17, 15) is 43.9 Å². The van der Waals surface area contributed by atoms with Crippen LogP contribution in [0.1, 0.15) is 20.8 Å². The van der Waals surface area contributed by atoms with Crippen LogP contribution in [0.25, 0.3) is 0 Å². The van der Waals surface area contributed by atoms with E-state index in [0.29, 0.717) is 20.8 Å². The smallest absolute Gasteiger partial charge is 0.245 e. The second-order valence-corrected chi connectivity index (χ2v) is 42.7. The number of hydrogen-bond acceptors (Lipinski definition) is 0. The van der Waals surface area contributed by atoms with E-state index in [-0.39, 0.29) is 0 Å². The summed E-state index contributed by atoms with van der Waals surface area (Å²) in [6.45, 7) is 2.07. The summed E-state index contributed by atoms with van der Waals surface area (Å²) in [6, 6.07) is -14.1. The molecule has 0 bridgehead atoms. The first-order chi connectivity index (χ1) is 17.1. The maximum absolute atomic E-state index is 16.2. The van der Waals surface area contributed by atoms with Crippen molar-refractivity contribution in [3.05, 3.63) is 0 Å². The highest BCUT2D eigenvalue weighted by molar-refractivity contribution is 7.71. The SMILES string of the molecule is CC([Si](Cl)(Cl)Cl)[Si](C(F)C(F)(F)C(F)(F)C(F)(F)C(F)(F)C(F)C(F)C(F)F)(C(C)[Si](Cl)(Cl)Cl)C(C)[Si](Cl)(Cl)Cl. The van der Waals surface area contributed by atoms with Gasteiger partial charge in [-0.2, -0.15) is 35.1 Å². The first kappa shape index (κ1) is 42.6. The molecule has 0 heterocycles. The zero-order valence-corrected chi connectivity index (χ0v) is 30.2. The van der Waals surface area contributed by atoms with E-state index < -0.39 is 89.8 Å². The Bertz CT molecular complexity index is 819. The van der Waals surface area contributed by atoms with Crippen LogP contribution in [0, 0.1) is 0 Å². The fourth-order valence-corrected chi connectivity index (χ4v) is 37.8. The molecule has 0 N–H and O–H groups in total. The van der Waals surface area contributed by atoms with Crippen LogP contribution in [-0.4, -0.2) is 74.3 Å². The lowest BCUT2D eigenvalue weighted by atomic mass is 9.94. The zero-order valence-electron chi connectivity index (χ0n) is 19.4. The molecule has 40 heavy (non-hydrogen) atoms. The van der Waals surface area contributed by atoms with Gasteiger partial charge in [0, 0.05) is 0 Å². The molecule has 0 fully saturated rings. The molecule has 0 aromatic heterocycles. The minimum absolute atomic E-state index is 0.690. The Morgan fingerprint density at radius 1 is 0.475 bits per heavy atom. The third kappa shape index (κ3) is 7.57. The van der Waals surface area contributed by atoms with Crippen LogP contribution in [0.15, 0.2) is 0 Å². The summed E-state index contributed by atoms with van der Waals surface area (Å²) in [5.74, 6) is -34.4. The lowest BCUT2D eigenvalue weighted by Crippen LogP contribution is -2.75. The Kier molecular flexibility index (Phi) is 14.2. The van der Waals surface area contributed by atoms with Crippen LogP contribution in [0.5, 0.6) is 0 Å². The highest BCUT2D eigenvalue weighted by Crippen LogP contribution is 2.65. The van der Waals surface area contributed by atoms with Crippen LogP contribution in [0.3, 0.4) is 0 Å². The van der Waals surface area contributed by atoms with Crippen LogP contribution in [0.2, 0.25) is 15.5 Å². The second kappa shape index (κ2) is 13.4. The Hall–Kier alpha value is 2.57. The third-order valence-electron chi connectivity index (χ3n) is 6.58. The van der Waals surface area contributed by atoms with Crippen molar-refractivity contribution in [3.8, 4) is 0 Å². The van der Waals surface area contributed by atoms with Gasteiger partial charge in [-0.15, -0.1) is 99.7 Å². The lowest BCUT2D eigenvalue weighted by molar-refractivity contribution is -0.383. The highest BCUT2D eigenvalue weighted by Gasteiger charge is 2.87. The van der Waals surface area contributed by atoms with Gasteiger partial charge in [0.25, 0.3) is 6.43 Å². The summed E-state index contributed by atoms with van der Waals surface area (Å²) in [5.41, 5.74) is 0. The molecule has 0 spiro atoms. The molecule has 0 saturated carbocycles. The minimum Gasteiger partial charge on any atom is -0.245 e. The summed E-state index contributed by atoms with van der Waals surface area (Å²) in [7, 11) is -5.83. The van der Waals surface area contributed by atoms with Crippen molar-refractivity contribution < 1.29 is 57.1 Å². The Morgan fingerprint density at radius 3 is 0.950 bits per heavy atom. The zero-order chi connectivity index (χ0) is 33.0. The van der Waals surface area contributed by atoms with Crippen molar-refractivity contribution in [2.45, 2.75) is 84.5 Å². The molecule has 0 rings (SSSR count). The monoisotopic (exact) mass is 858 g/mol. The van der Waals surface area contributed by atoms with Gasteiger partial charge in [0.05, 0.1) is 0 Å². The van der Waals surface area contributed by atoms with E-state index in [1.54, 1.807) is 0 Å². The van der Waals surface area contributed by atoms with E-state index in [1.165, 1.54) is 0 Å². The van der Waals surface area contributed by atoms with Gasteiger partial charge in [0.2, 0.25) is 6.17 Å². The van der Waals surface area contributed by atoms with Crippen molar-refractivity contribution in [1.82, 2.24) is 0 Å². The van der Waals surface area contributed by atoms with E-state index >= 15 is 13.2 Å². The van der Waals surface area contributed by atoms with Crippen molar-refractivity contribution in [2.75, 3.05) is 0 Å². The summed E-state index contributed by atoms with van der Waals surface area (Å²) >= 11 is 52.9. The Balaban J connectivity index is 7.73. The predicted octanol–water partition coefficient (Wildman–Crippen LogP) is 11.5. The molecule has 6 unspecified atom stereocenters. The Morgan fingerprint density at radius 2 is 0.725 bits per heavy atom. The summed E-state index contributed by atoms with van der Waals surface area (Å²) in [4.78, 5) is 0. The van der Waals surface area contributed by atoms with Gasteiger partial charge in [0.1, 0.15) is 8.07 Å². The molecular formula is C14H16Cl9F13Si4. The normalized spacial score (nSPS) is 21.4. The topological polar surface area (TPSA) is 0 Å². The molecule has 0 amide bonds. The predicted molar refractivity (Wildman–Crippen MR) is 144 cm³/mol. The van der Waals surface area contributed by atoms with Crippen LogP contribution < -0.4 is 0 Å². The summed E-state index contributed by atoms with van der Waals surface area (Å²) in [5, 5.41) is -6.47. The molecule has 0 aliphatic heterocycles. The first-order valence-corrected chi connectivity index (χ1v) is 27.7. The molecule has 6 atom stereocenters. The van der Waals surface area contributed by atoms with Crippen molar-refractivity contribution >= 4 is 126 Å². The average molecular weight is 863 g/mol. The highest BCUT2D eigenvalue weighted by atomic mass is 35.9. The van der Waals surface area contributed by atoms with Gasteiger partial charge in [-0.3, -0.25) is 0 Å². The molecule has 0 aromatic carbocycles. The largest absolute Gasteiger partial charge is 0.381 e. The van der Waals surface area contributed by atoms with Crippen LogP contribution in [0.4, 0.5) is 57.1 Å². The number of alkyl halides is 13. The molecule has 0 radical (unpaired) electrons. The van der Waals surface area contributed by atoms with Crippen molar-refractivity contribution in [2.24, 2.45) is 0 Å². The van der Waals surface area contributed by atoms with Crippen molar-refractivity contribution in [3.63, 3.8) is 0 Å². The van der Waals surface area contributed by atoms with Gasteiger partial charge in [-0.1, -0.05) is 20.8 Å². The fraction of sp³-hybridized carbons (Fsp3) is 1.00. The molecule has 0 nitrogen and oxygen atoms in total. The van der Waals surface area contributed by atoms with Gasteiger partial charge >= 0.3 is 41.7 Å². The maximum atomic E-state index is 16.2. The molecule has 0 aliphatic rings. The fourth-order valence-electron chi connectivity index (χ4n) is 4.03. The van der Waals surface area contributed by atoms with E-state index in [2.05, 4.69) is 0 Å². The number of hydrogen-bond donors (Lipinski definition) is 0. The van der Waals surface area contributed by atoms with Gasteiger partial charge in [0.15, 0.2) is 12.0 Å². The molecule has 0 aliphatic carbocycles. The molecule has 242 valence electrons. The summed E-state index contributed by atoms with van der Waals surface area (Å²) in [6.07, 6.45) is -15.1. The van der Waals surface area contributed by atoms with Gasteiger partial charge in [-0.05, 0) is 15.5 Å².